The highest BCUT2D eigenvalue weighted by Crippen LogP contribution is 2.40. The quantitative estimate of drug-likeness (QED) is 0.326. The summed E-state index contributed by atoms with van der Waals surface area (Å²) in [5, 5.41) is 8.29. The van der Waals surface area contributed by atoms with Gasteiger partial charge in [0.25, 0.3) is 0 Å². The second-order valence-electron chi connectivity index (χ2n) is 11.3. The predicted molar refractivity (Wildman–Crippen MR) is 172 cm³/mol. The Morgan fingerprint density at radius 1 is 1.02 bits per heavy atom. The molecule has 3 aliphatic rings. The summed E-state index contributed by atoms with van der Waals surface area (Å²) in [6.07, 6.45) is 6.67. The zero-order valence-electron chi connectivity index (χ0n) is 25.3. The number of hydroxylamine groups is 1. The lowest BCUT2D eigenvalue weighted by Crippen LogP contribution is -2.49. The first-order valence-corrected chi connectivity index (χ1v) is 15.4. The molecule has 4 heterocycles. The molecule has 3 aliphatic heterocycles. The van der Waals surface area contributed by atoms with E-state index in [2.05, 4.69) is 61.2 Å². The van der Waals surface area contributed by atoms with E-state index in [0.29, 0.717) is 41.4 Å². The van der Waals surface area contributed by atoms with Crippen LogP contribution in [-0.2, 0) is 20.8 Å². The number of hydrogen-bond acceptors (Lipinski definition) is 10. The Balaban J connectivity index is 1.21. The van der Waals surface area contributed by atoms with Gasteiger partial charge in [-0.1, -0.05) is 36.9 Å². The lowest BCUT2D eigenvalue weighted by atomic mass is 10.0. The Kier molecular flexibility index (Phi) is 9.55. The number of carbonyl (C=O) groups is 1. The van der Waals surface area contributed by atoms with E-state index >= 15 is 0 Å². The molecule has 11 heteroatoms. The fourth-order valence-electron chi connectivity index (χ4n) is 6.30. The van der Waals surface area contributed by atoms with Crippen molar-refractivity contribution in [3.8, 4) is 5.75 Å². The van der Waals surface area contributed by atoms with Gasteiger partial charge in [-0.2, -0.15) is 0 Å². The number of carbonyl (C=O) groups excluding carboxylic acids is 1. The fraction of sp³-hybridized carbons (Fsp3) is 0.424. The number of methoxy groups -OCH3 is 1. The van der Waals surface area contributed by atoms with Crippen molar-refractivity contribution in [1.29, 1.82) is 0 Å². The van der Waals surface area contributed by atoms with Gasteiger partial charge in [0.1, 0.15) is 17.9 Å². The van der Waals surface area contributed by atoms with Gasteiger partial charge in [-0.05, 0) is 43.4 Å². The predicted octanol–water partition coefficient (Wildman–Crippen LogP) is 4.41. The summed E-state index contributed by atoms with van der Waals surface area (Å²) >= 11 is 0. The van der Waals surface area contributed by atoms with Crippen molar-refractivity contribution in [2.75, 3.05) is 73.7 Å². The largest absolute Gasteiger partial charge is 0.494 e. The van der Waals surface area contributed by atoms with Gasteiger partial charge in [0, 0.05) is 44.4 Å². The molecule has 0 spiro atoms. The number of nitrogens with one attached hydrogen (secondary N) is 2. The van der Waals surface area contributed by atoms with Gasteiger partial charge in [-0.3, -0.25) is 14.5 Å². The number of anilines is 5. The van der Waals surface area contributed by atoms with E-state index in [1.165, 1.54) is 18.0 Å². The molecule has 2 N–H and O–H groups in total. The van der Waals surface area contributed by atoms with Crippen LogP contribution in [0.15, 0.2) is 67.5 Å². The first-order valence-electron chi connectivity index (χ1n) is 15.4. The van der Waals surface area contributed by atoms with E-state index in [9.17, 15) is 4.79 Å². The number of aromatic nitrogens is 2. The van der Waals surface area contributed by atoms with Gasteiger partial charge >= 0.3 is 0 Å². The van der Waals surface area contributed by atoms with Crippen LogP contribution in [0.3, 0.4) is 0 Å². The number of ether oxygens (including phenoxy) is 2. The van der Waals surface area contributed by atoms with E-state index < -0.39 is 0 Å². The molecule has 6 rings (SSSR count). The molecule has 0 saturated carbocycles. The Morgan fingerprint density at radius 3 is 2.57 bits per heavy atom. The van der Waals surface area contributed by atoms with Crippen molar-refractivity contribution in [3.63, 3.8) is 0 Å². The Hall–Kier alpha value is -4.19. The van der Waals surface area contributed by atoms with Crippen LogP contribution in [0.2, 0.25) is 0 Å². The molecular formula is C33H41N7O4. The summed E-state index contributed by atoms with van der Waals surface area (Å²) in [5.41, 5.74) is 3.53. The van der Waals surface area contributed by atoms with Crippen LogP contribution in [-0.4, -0.2) is 86.0 Å². The SMILES string of the molecule is C=CC(=O)Nc1cc(Nc2cc(N3OCC[C@@H]3Cc3ccccc3)ncn2)c(OC)cc1N1CCC(N2CCOCC2)CC1. The summed E-state index contributed by atoms with van der Waals surface area (Å²) < 4.78 is 11.4. The van der Waals surface area contributed by atoms with Crippen molar-refractivity contribution in [1.82, 2.24) is 14.9 Å². The molecule has 232 valence electrons. The Labute approximate surface area is 258 Å². The summed E-state index contributed by atoms with van der Waals surface area (Å²) in [4.78, 5) is 32.3. The monoisotopic (exact) mass is 599 g/mol. The Bertz CT molecular complexity index is 1420. The summed E-state index contributed by atoms with van der Waals surface area (Å²) in [5.74, 6) is 1.64. The number of piperidine rings is 1. The van der Waals surface area contributed by atoms with Crippen molar-refractivity contribution in [2.24, 2.45) is 0 Å². The van der Waals surface area contributed by atoms with Crippen molar-refractivity contribution < 1.29 is 19.1 Å². The molecule has 11 nitrogen and oxygen atoms in total. The van der Waals surface area contributed by atoms with Crippen LogP contribution < -0.4 is 25.3 Å². The topological polar surface area (TPSA) is 104 Å². The minimum Gasteiger partial charge on any atom is -0.494 e. The molecular weight excluding hydrogens is 558 g/mol. The summed E-state index contributed by atoms with van der Waals surface area (Å²) in [6.45, 7) is 9.62. The van der Waals surface area contributed by atoms with Gasteiger partial charge in [-0.15, -0.1) is 0 Å². The van der Waals surface area contributed by atoms with E-state index in [1.807, 2.05) is 29.3 Å². The molecule has 3 fully saturated rings. The third-order valence-electron chi connectivity index (χ3n) is 8.60. The van der Waals surface area contributed by atoms with Crippen LogP contribution in [0.25, 0.3) is 0 Å². The van der Waals surface area contributed by atoms with Crippen LogP contribution >= 0.6 is 0 Å². The first kappa shape index (κ1) is 29.9. The molecule has 0 unspecified atom stereocenters. The molecule has 0 bridgehead atoms. The molecule has 1 aromatic heterocycles. The highest BCUT2D eigenvalue weighted by atomic mass is 16.7. The number of hydrogen-bond donors (Lipinski definition) is 2. The van der Waals surface area contributed by atoms with Crippen molar-refractivity contribution in [2.45, 2.75) is 37.8 Å². The Morgan fingerprint density at radius 2 is 1.82 bits per heavy atom. The summed E-state index contributed by atoms with van der Waals surface area (Å²) in [7, 11) is 1.65. The maximum absolute atomic E-state index is 12.5. The van der Waals surface area contributed by atoms with E-state index in [-0.39, 0.29) is 11.9 Å². The molecule has 3 saturated heterocycles. The average Bonchev–Trinajstić information content (AvgIpc) is 3.54. The fourth-order valence-corrected chi connectivity index (χ4v) is 6.30. The number of rotatable bonds is 10. The molecule has 0 radical (unpaired) electrons. The number of benzene rings is 2. The van der Waals surface area contributed by atoms with Crippen molar-refractivity contribution >= 4 is 34.6 Å². The first-order chi connectivity index (χ1) is 21.6. The van der Waals surface area contributed by atoms with Crippen LogP contribution in [0.4, 0.5) is 28.7 Å². The zero-order valence-corrected chi connectivity index (χ0v) is 25.3. The average molecular weight is 600 g/mol. The number of amides is 1. The second-order valence-corrected chi connectivity index (χ2v) is 11.3. The highest BCUT2D eigenvalue weighted by molar-refractivity contribution is 6.02. The maximum atomic E-state index is 12.5. The second kappa shape index (κ2) is 14.1. The molecule has 44 heavy (non-hydrogen) atoms. The van der Waals surface area contributed by atoms with Crippen LogP contribution in [0.1, 0.15) is 24.8 Å². The van der Waals surface area contributed by atoms with Gasteiger partial charge < -0.3 is 25.0 Å². The lowest BCUT2D eigenvalue weighted by Gasteiger charge is -2.41. The van der Waals surface area contributed by atoms with Crippen LogP contribution in [0.5, 0.6) is 5.75 Å². The van der Waals surface area contributed by atoms with Gasteiger partial charge in [0.15, 0.2) is 5.82 Å². The molecule has 0 aliphatic carbocycles. The maximum Gasteiger partial charge on any atom is 0.247 e. The van der Waals surface area contributed by atoms with Gasteiger partial charge in [0.05, 0.1) is 50.0 Å². The smallest absolute Gasteiger partial charge is 0.247 e. The number of nitrogens with zero attached hydrogens (tertiary/aromatic N) is 5. The minimum absolute atomic E-state index is 0.169. The third kappa shape index (κ3) is 6.96. The molecule has 2 aromatic carbocycles. The van der Waals surface area contributed by atoms with E-state index in [1.54, 1.807) is 7.11 Å². The zero-order chi connectivity index (χ0) is 30.3. The number of morpholine rings is 1. The summed E-state index contributed by atoms with van der Waals surface area (Å²) in [6, 6.07) is 16.9. The van der Waals surface area contributed by atoms with E-state index in [4.69, 9.17) is 14.3 Å². The molecule has 1 amide bonds. The third-order valence-corrected chi connectivity index (χ3v) is 8.60. The van der Waals surface area contributed by atoms with Gasteiger partial charge in [-0.25, -0.2) is 15.0 Å². The normalized spacial score (nSPS) is 19.5. The highest BCUT2D eigenvalue weighted by Gasteiger charge is 2.29. The lowest BCUT2D eigenvalue weighted by molar-refractivity contribution is -0.111. The van der Waals surface area contributed by atoms with Crippen molar-refractivity contribution in [3.05, 3.63) is 73.1 Å². The minimum atomic E-state index is -0.273. The van der Waals surface area contributed by atoms with Crippen LogP contribution in [0, 0.1) is 0 Å². The molecule has 1 atom stereocenters. The molecule has 3 aromatic rings. The van der Waals surface area contributed by atoms with E-state index in [0.717, 1.165) is 70.8 Å². The standard InChI is InChI=1S/C33H41N7O4/c1-3-33(41)37-27-20-28(30(42-2)21-29(27)39-12-9-25(10-13-39)38-14-17-43-18-15-38)36-31-22-32(35-23-34-31)40-26(11-16-44-40)19-24-7-5-4-6-8-24/h3-8,20-23,25-26H,1,9-19H2,2H3,(H,37,41)(H,34,35,36)/t26-/m1/s1. The van der Waals surface area contributed by atoms with Gasteiger partial charge in [0.2, 0.25) is 5.91 Å².